The molecule has 1 amide bonds. The molecule has 30 heavy (non-hydrogen) atoms. The van der Waals surface area contributed by atoms with Crippen molar-refractivity contribution >= 4 is 17.7 Å². The first kappa shape index (κ1) is 18.2. The molecule has 6 nitrogen and oxygen atoms in total. The Morgan fingerprint density at radius 1 is 0.967 bits per heavy atom. The van der Waals surface area contributed by atoms with Gasteiger partial charge in [0.1, 0.15) is 18.4 Å². The van der Waals surface area contributed by atoms with Crippen molar-refractivity contribution in [3.05, 3.63) is 83.4 Å². The smallest absolute Gasteiger partial charge is 0.415 e. The molecule has 1 unspecified atom stereocenters. The molecular weight excluding hydrogens is 382 g/mol. The largest absolute Gasteiger partial charge is 0.508 e. The van der Waals surface area contributed by atoms with E-state index in [0.29, 0.717) is 11.3 Å². The summed E-state index contributed by atoms with van der Waals surface area (Å²) < 4.78 is 5.64. The highest BCUT2D eigenvalue weighted by Gasteiger charge is 2.40. The summed E-state index contributed by atoms with van der Waals surface area (Å²) in [4.78, 5) is 25.8. The number of fused-ring (bicyclic) bond motifs is 4. The van der Waals surface area contributed by atoms with Crippen LogP contribution in [0, 0.1) is 0 Å². The van der Waals surface area contributed by atoms with Crippen LogP contribution < -0.4 is 4.90 Å². The molecule has 6 heteroatoms. The molecule has 2 aliphatic rings. The number of anilines is 1. The number of hydrogen-bond donors (Lipinski definition) is 2. The Balaban J connectivity index is 1.43. The Bertz CT molecular complexity index is 1130. The topological polar surface area (TPSA) is 87.1 Å². The molecule has 2 N–H and O–H groups in total. The van der Waals surface area contributed by atoms with E-state index >= 15 is 0 Å². The first-order valence-electron chi connectivity index (χ1n) is 9.73. The molecule has 1 atom stereocenters. The Kier molecular flexibility index (Phi) is 4.20. The highest BCUT2D eigenvalue weighted by atomic mass is 16.6. The molecule has 3 aromatic rings. The fourth-order valence-electron chi connectivity index (χ4n) is 4.50. The minimum Gasteiger partial charge on any atom is -0.508 e. The van der Waals surface area contributed by atoms with Crippen LogP contribution in [-0.4, -0.2) is 34.9 Å². The second-order valence-electron chi connectivity index (χ2n) is 7.55. The van der Waals surface area contributed by atoms with Crippen molar-refractivity contribution in [3.8, 4) is 16.9 Å². The molecule has 0 bridgehead atoms. The summed E-state index contributed by atoms with van der Waals surface area (Å²) in [7, 11) is 0. The van der Waals surface area contributed by atoms with Crippen LogP contribution in [0.1, 0.15) is 22.6 Å². The standard InChI is InChI=1S/C24H19NO5/c26-15-10-9-14-11-22(23(27)28)25(21(14)12-15)24(29)30-13-20-18-7-3-1-5-16(18)17-6-2-4-8-19(17)20/h1-10,12,20,22,26H,11,13H2,(H,27,28). The predicted molar refractivity (Wildman–Crippen MR) is 111 cm³/mol. The summed E-state index contributed by atoms with van der Waals surface area (Å²) in [6.07, 6.45) is -0.552. The van der Waals surface area contributed by atoms with Crippen LogP contribution in [-0.2, 0) is 16.0 Å². The van der Waals surface area contributed by atoms with Crippen LogP contribution >= 0.6 is 0 Å². The van der Waals surface area contributed by atoms with Crippen LogP contribution in [0.4, 0.5) is 10.5 Å². The monoisotopic (exact) mass is 401 g/mol. The average Bonchev–Trinajstić information content (AvgIpc) is 3.28. The van der Waals surface area contributed by atoms with E-state index in [2.05, 4.69) is 12.1 Å². The maximum atomic E-state index is 13.0. The third-order valence-corrected chi connectivity index (χ3v) is 5.87. The van der Waals surface area contributed by atoms with E-state index in [-0.39, 0.29) is 24.7 Å². The normalized spacial score (nSPS) is 16.7. The van der Waals surface area contributed by atoms with Gasteiger partial charge in [0.25, 0.3) is 0 Å². The number of hydrogen-bond acceptors (Lipinski definition) is 4. The number of phenols is 1. The lowest BCUT2D eigenvalue weighted by atomic mass is 9.98. The first-order chi connectivity index (χ1) is 14.5. The van der Waals surface area contributed by atoms with E-state index in [1.165, 1.54) is 12.1 Å². The lowest BCUT2D eigenvalue weighted by Gasteiger charge is -2.23. The van der Waals surface area contributed by atoms with E-state index in [9.17, 15) is 19.8 Å². The maximum Gasteiger partial charge on any atom is 0.415 e. The van der Waals surface area contributed by atoms with Gasteiger partial charge in [-0.05, 0) is 33.9 Å². The lowest BCUT2D eigenvalue weighted by Crippen LogP contribution is -2.43. The van der Waals surface area contributed by atoms with Crippen LogP contribution in [0.2, 0.25) is 0 Å². The zero-order valence-corrected chi connectivity index (χ0v) is 16.0. The summed E-state index contributed by atoms with van der Waals surface area (Å²) in [5.41, 5.74) is 5.47. The van der Waals surface area contributed by atoms with Crippen LogP contribution in [0.3, 0.4) is 0 Å². The number of aliphatic carboxylic acids is 1. The van der Waals surface area contributed by atoms with E-state index in [0.717, 1.165) is 27.2 Å². The van der Waals surface area contributed by atoms with Crippen molar-refractivity contribution in [2.24, 2.45) is 0 Å². The van der Waals surface area contributed by atoms with Crippen molar-refractivity contribution in [1.29, 1.82) is 0 Å². The lowest BCUT2D eigenvalue weighted by molar-refractivity contribution is -0.138. The van der Waals surface area contributed by atoms with Gasteiger partial charge in [-0.2, -0.15) is 0 Å². The minimum atomic E-state index is -1.11. The number of rotatable bonds is 3. The molecule has 0 aromatic heterocycles. The predicted octanol–water partition coefficient (Wildman–Crippen LogP) is 4.16. The van der Waals surface area contributed by atoms with Gasteiger partial charge in [-0.1, -0.05) is 54.6 Å². The van der Waals surface area contributed by atoms with Gasteiger partial charge in [0.2, 0.25) is 0 Å². The summed E-state index contributed by atoms with van der Waals surface area (Å²) >= 11 is 0. The summed E-state index contributed by atoms with van der Waals surface area (Å²) in [6.45, 7) is 0.101. The van der Waals surface area contributed by atoms with Gasteiger partial charge in [0, 0.05) is 18.4 Å². The number of carbonyl (C=O) groups is 2. The van der Waals surface area contributed by atoms with Gasteiger partial charge in [-0.15, -0.1) is 0 Å². The fraction of sp³-hybridized carbons (Fsp3) is 0.167. The minimum absolute atomic E-state index is 0.0313. The van der Waals surface area contributed by atoms with E-state index in [4.69, 9.17) is 4.74 Å². The number of nitrogens with zero attached hydrogens (tertiary/aromatic N) is 1. The Morgan fingerprint density at radius 3 is 2.23 bits per heavy atom. The second-order valence-corrected chi connectivity index (χ2v) is 7.55. The van der Waals surface area contributed by atoms with Crippen molar-refractivity contribution in [2.75, 3.05) is 11.5 Å². The van der Waals surface area contributed by atoms with Crippen molar-refractivity contribution in [2.45, 2.75) is 18.4 Å². The molecule has 1 aliphatic carbocycles. The molecule has 5 rings (SSSR count). The number of benzene rings is 3. The zero-order chi connectivity index (χ0) is 20.8. The molecule has 0 saturated carbocycles. The Labute approximate surface area is 173 Å². The number of ether oxygens (including phenoxy) is 1. The van der Waals surface area contributed by atoms with Crippen molar-refractivity contribution in [1.82, 2.24) is 0 Å². The number of carbonyl (C=O) groups excluding carboxylic acids is 1. The molecule has 0 radical (unpaired) electrons. The zero-order valence-electron chi connectivity index (χ0n) is 16.0. The third-order valence-electron chi connectivity index (χ3n) is 5.87. The van der Waals surface area contributed by atoms with E-state index in [1.807, 2.05) is 36.4 Å². The number of amides is 1. The second kappa shape index (κ2) is 6.91. The van der Waals surface area contributed by atoms with Gasteiger partial charge < -0.3 is 14.9 Å². The van der Waals surface area contributed by atoms with Crippen molar-refractivity contribution < 1.29 is 24.5 Å². The molecule has 1 aliphatic heterocycles. The molecule has 0 saturated heterocycles. The van der Waals surface area contributed by atoms with Gasteiger partial charge in [-0.3, -0.25) is 4.90 Å². The Morgan fingerprint density at radius 2 is 1.60 bits per heavy atom. The molecule has 0 spiro atoms. The highest BCUT2D eigenvalue weighted by Crippen LogP contribution is 2.44. The van der Waals surface area contributed by atoms with Crippen LogP contribution in [0.25, 0.3) is 11.1 Å². The highest BCUT2D eigenvalue weighted by molar-refractivity contribution is 5.98. The van der Waals surface area contributed by atoms with Gasteiger partial charge in [0.15, 0.2) is 0 Å². The average molecular weight is 401 g/mol. The number of carboxylic acid groups (broad SMARTS) is 1. The quantitative estimate of drug-likeness (QED) is 0.688. The van der Waals surface area contributed by atoms with E-state index in [1.54, 1.807) is 6.07 Å². The molecule has 0 fully saturated rings. The molecule has 150 valence electrons. The molecular formula is C24H19NO5. The van der Waals surface area contributed by atoms with Crippen LogP contribution in [0.15, 0.2) is 66.7 Å². The van der Waals surface area contributed by atoms with Crippen LogP contribution in [0.5, 0.6) is 5.75 Å². The summed E-state index contributed by atoms with van der Waals surface area (Å²) in [5.74, 6) is -1.26. The van der Waals surface area contributed by atoms with Crippen molar-refractivity contribution in [3.63, 3.8) is 0 Å². The molecule has 1 heterocycles. The van der Waals surface area contributed by atoms with Gasteiger partial charge >= 0.3 is 12.1 Å². The fourth-order valence-corrected chi connectivity index (χ4v) is 4.50. The van der Waals surface area contributed by atoms with Gasteiger partial charge in [-0.25, -0.2) is 9.59 Å². The number of phenolic OH excluding ortho intramolecular Hbond substituents is 1. The first-order valence-corrected chi connectivity index (χ1v) is 9.73. The number of carboxylic acids is 1. The van der Waals surface area contributed by atoms with E-state index < -0.39 is 18.1 Å². The summed E-state index contributed by atoms with van der Waals surface area (Å²) in [6, 6.07) is 19.5. The summed E-state index contributed by atoms with van der Waals surface area (Å²) in [5, 5.41) is 19.4. The van der Waals surface area contributed by atoms with Gasteiger partial charge in [0.05, 0.1) is 5.69 Å². The SMILES string of the molecule is O=C(O)C1Cc2ccc(O)cc2N1C(=O)OCC1c2ccccc2-c2ccccc21. The maximum absolute atomic E-state index is 13.0. The third kappa shape index (κ3) is 2.80. The Hall–Kier alpha value is -3.80. The molecule has 3 aromatic carbocycles. The number of aromatic hydroxyl groups is 1.